The third-order valence-electron chi connectivity index (χ3n) is 4.41. The first kappa shape index (κ1) is 17.5. The summed E-state index contributed by atoms with van der Waals surface area (Å²) in [5.74, 6) is 0. The first-order chi connectivity index (χ1) is 12.0. The molecule has 1 fully saturated rings. The van der Waals surface area contributed by atoms with Crippen molar-refractivity contribution in [3.05, 3.63) is 58.4 Å². The molecule has 0 spiro atoms. The van der Waals surface area contributed by atoms with Gasteiger partial charge in [0.1, 0.15) is 12.4 Å². The van der Waals surface area contributed by atoms with Gasteiger partial charge >= 0.3 is 5.69 Å². The Bertz CT molecular complexity index is 706. The highest BCUT2D eigenvalue weighted by Crippen LogP contribution is 2.24. The summed E-state index contributed by atoms with van der Waals surface area (Å²) in [5.41, 5.74) is 1.05. The zero-order valence-electron chi connectivity index (χ0n) is 14.1. The predicted molar refractivity (Wildman–Crippen MR) is 91.1 cm³/mol. The zero-order valence-corrected chi connectivity index (χ0v) is 14.1. The molecule has 1 aliphatic heterocycles. The van der Waals surface area contributed by atoms with Crippen LogP contribution in [-0.4, -0.2) is 56.6 Å². The van der Waals surface area contributed by atoms with Crippen LogP contribution in [0.2, 0.25) is 0 Å². The second kappa shape index (κ2) is 7.73. The Labute approximate surface area is 145 Å². The number of morpholine rings is 1. The number of aliphatic hydroxyl groups excluding tert-OH is 1. The Morgan fingerprint density at radius 2 is 2.16 bits per heavy atom. The first-order valence-corrected chi connectivity index (χ1v) is 8.28. The fraction of sp³-hybridized carbons (Fsp3) is 0.471. The number of aliphatic hydroxyl groups is 1. The molecule has 1 saturated heterocycles. The number of hydrogen-bond acceptors (Lipinski definition) is 6. The molecule has 0 unspecified atom stereocenters. The highest BCUT2D eigenvalue weighted by Gasteiger charge is 2.28. The van der Waals surface area contributed by atoms with Crippen molar-refractivity contribution in [2.75, 3.05) is 19.7 Å². The van der Waals surface area contributed by atoms with Crippen LogP contribution in [0.1, 0.15) is 18.6 Å². The van der Waals surface area contributed by atoms with Gasteiger partial charge in [-0.25, -0.2) is 0 Å². The van der Waals surface area contributed by atoms with Crippen LogP contribution in [0.15, 0.2) is 42.7 Å². The summed E-state index contributed by atoms with van der Waals surface area (Å²) in [5, 5.41) is 25.0. The minimum Gasteiger partial charge on any atom is -0.390 e. The number of hydrogen-bond donors (Lipinski definition) is 1. The fourth-order valence-electron chi connectivity index (χ4n) is 3.02. The molecular formula is C17H22N4O4. The number of nitro groups is 1. The standard InChI is InChI=1S/C17H22N4O4/c1-13-12-25-17(14-5-3-2-4-6-14)11-19(13)9-16(22)10-20-8-15(7-18-20)21(23)24/h2-8,13,16-17,22H,9-12H2,1H3/t13-,16-,17-/m1/s1. The normalized spacial score (nSPS) is 22.6. The lowest BCUT2D eigenvalue weighted by Crippen LogP contribution is -2.48. The van der Waals surface area contributed by atoms with Crippen molar-refractivity contribution in [1.82, 2.24) is 14.7 Å². The van der Waals surface area contributed by atoms with Gasteiger partial charge in [-0.2, -0.15) is 5.10 Å². The molecule has 8 heteroatoms. The number of rotatable bonds is 6. The SMILES string of the molecule is C[C@@H]1CO[C@@H](c2ccccc2)CN1C[C@@H](O)Cn1cc([N+](=O)[O-])cn1. The summed E-state index contributed by atoms with van der Waals surface area (Å²) in [6, 6.07) is 10.2. The Hall–Kier alpha value is -2.29. The van der Waals surface area contributed by atoms with E-state index in [9.17, 15) is 15.2 Å². The molecule has 8 nitrogen and oxygen atoms in total. The summed E-state index contributed by atoms with van der Waals surface area (Å²) in [6.07, 6.45) is 1.83. The Kier molecular flexibility index (Phi) is 5.42. The van der Waals surface area contributed by atoms with E-state index in [0.29, 0.717) is 19.7 Å². The molecule has 1 N–H and O–H groups in total. The van der Waals surface area contributed by atoms with Gasteiger partial charge in [0.2, 0.25) is 0 Å². The molecule has 0 radical (unpaired) electrons. The van der Waals surface area contributed by atoms with Crippen molar-refractivity contribution in [3.63, 3.8) is 0 Å². The number of ether oxygens (including phenoxy) is 1. The van der Waals surface area contributed by atoms with E-state index in [1.165, 1.54) is 17.1 Å². The van der Waals surface area contributed by atoms with Crippen molar-refractivity contribution in [2.24, 2.45) is 0 Å². The van der Waals surface area contributed by atoms with Crippen LogP contribution in [0.4, 0.5) is 5.69 Å². The van der Waals surface area contributed by atoms with Crippen LogP contribution < -0.4 is 0 Å². The monoisotopic (exact) mass is 346 g/mol. The van der Waals surface area contributed by atoms with Gasteiger partial charge in [0, 0.05) is 19.1 Å². The Morgan fingerprint density at radius 1 is 1.40 bits per heavy atom. The number of nitrogens with zero attached hydrogens (tertiary/aromatic N) is 4. The van der Waals surface area contributed by atoms with Crippen LogP contribution in [-0.2, 0) is 11.3 Å². The molecule has 25 heavy (non-hydrogen) atoms. The van der Waals surface area contributed by atoms with E-state index in [4.69, 9.17) is 4.74 Å². The van der Waals surface area contributed by atoms with Gasteiger partial charge in [-0.3, -0.25) is 19.7 Å². The average Bonchev–Trinajstić information content (AvgIpc) is 3.06. The molecule has 1 aromatic carbocycles. The van der Waals surface area contributed by atoms with Crippen LogP contribution in [0.3, 0.4) is 0 Å². The smallest absolute Gasteiger partial charge is 0.306 e. The predicted octanol–water partition coefficient (Wildman–Crippen LogP) is 1.61. The molecular weight excluding hydrogens is 324 g/mol. The molecule has 2 heterocycles. The number of β-amino-alcohol motifs (C(OH)–C–C–N with tert-alkyl or cyclic N) is 1. The van der Waals surface area contributed by atoms with E-state index in [-0.39, 0.29) is 24.4 Å². The Morgan fingerprint density at radius 3 is 2.84 bits per heavy atom. The Balaban J connectivity index is 1.58. The van der Waals surface area contributed by atoms with E-state index in [1.807, 2.05) is 30.3 Å². The lowest BCUT2D eigenvalue weighted by atomic mass is 10.1. The highest BCUT2D eigenvalue weighted by molar-refractivity contribution is 5.20. The maximum Gasteiger partial charge on any atom is 0.306 e. The average molecular weight is 346 g/mol. The highest BCUT2D eigenvalue weighted by atomic mass is 16.6. The largest absolute Gasteiger partial charge is 0.390 e. The summed E-state index contributed by atoms with van der Waals surface area (Å²) in [6.45, 7) is 4.03. The van der Waals surface area contributed by atoms with E-state index < -0.39 is 11.0 Å². The van der Waals surface area contributed by atoms with Gasteiger partial charge in [-0.15, -0.1) is 0 Å². The summed E-state index contributed by atoms with van der Waals surface area (Å²) >= 11 is 0. The van der Waals surface area contributed by atoms with Gasteiger partial charge in [0.15, 0.2) is 0 Å². The molecule has 0 bridgehead atoms. The fourth-order valence-corrected chi connectivity index (χ4v) is 3.02. The van der Waals surface area contributed by atoms with Crippen molar-refractivity contribution in [1.29, 1.82) is 0 Å². The van der Waals surface area contributed by atoms with E-state index in [0.717, 1.165) is 5.56 Å². The third-order valence-corrected chi connectivity index (χ3v) is 4.41. The van der Waals surface area contributed by atoms with Gasteiger partial charge in [-0.1, -0.05) is 30.3 Å². The van der Waals surface area contributed by atoms with E-state index >= 15 is 0 Å². The lowest BCUT2D eigenvalue weighted by Gasteiger charge is -2.39. The molecule has 2 aromatic rings. The molecule has 1 aliphatic rings. The van der Waals surface area contributed by atoms with E-state index in [1.54, 1.807) is 0 Å². The topological polar surface area (TPSA) is 93.7 Å². The molecule has 1 aromatic heterocycles. The summed E-state index contributed by atoms with van der Waals surface area (Å²) < 4.78 is 7.33. The molecule has 0 aliphatic carbocycles. The van der Waals surface area contributed by atoms with Crippen LogP contribution >= 0.6 is 0 Å². The van der Waals surface area contributed by atoms with Gasteiger partial charge in [-0.05, 0) is 12.5 Å². The molecule has 0 amide bonds. The first-order valence-electron chi connectivity index (χ1n) is 8.28. The summed E-state index contributed by atoms with van der Waals surface area (Å²) in [7, 11) is 0. The van der Waals surface area contributed by atoms with Crippen LogP contribution in [0.5, 0.6) is 0 Å². The molecule has 3 rings (SSSR count). The minimum absolute atomic E-state index is 0.0182. The van der Waals surface area contributed by atoms with E-state index in [2.05, 4.69) is 16.9 Å². The number of aromatic nitrogens is 2. The van der Waals surface area contributed by atoms with Gasteiger partial charge in [0.05, 0.1) is 30.3 Å². The molecule has 3 atom stereocenters. The molecule has 134 valence electrons. The molecule has 0 saturated carbocycles. The third kappa shape index (κ3) is 4.41. The lowest BCUT2D eigenvalue weighted by molar-refractivity contribution is -0.385. The van der Waals surface area contributed by atoms with Crippen LogP contribution in [0.25, 0.3) is 0 Å². The maximum absolute atomic E-state index is 10.7. The van der Waals surface area contributed by atoms with Crippen molar-refractivity contribution in [3.8, 4) is 0 Å². The van der Waals surface area contributed by atoms with Crippen molar-refractivity contribution >= 4 is 5.69 Å². The second-order valence-corrected chi connectivity index (χ2v) is 6.37. The van der Waals surface area contributed by atoms with Crippen molar-refractivity contribution < 1.29 is 14.8 Å². The van der Waals surface area contributed by atoms with Crippen molar-refractivity contribution in [2.45, 2.75) is 31.7 Å². The quantitative estimate of drug-likeness (QED) is 0.631. The zero-order chi connectivity index (χ0) is 17.8. The summed E-state index contributed by atoms with van der Waals surface area (Å²) in [4.78, 5) is 12.4. The van der Waals surface area contributed by atoms with Gasteiger partial charge in [0.25, 0.3) is 0 Å². The second-order valence-electron chi connectivity index (χ2n) is 6.37. The van der Waals surface area contributed by atoms with Crippen LogP contribution in [0, 0.1) is 10.1 Å². The van der Waals surface area contributed by atoms with Gasteiger partial charge < -0.3 is 9.84 Å². The number of benzene rings is 1. The minimum atomic E-state index is -0.670. The maximum atomic E-state index is 10.7.